The molecule has 0 spiro atoms. The molecule has 2 aliphatic rings. The molecule has 0 fully saturated rings. The van der Waals surface area contributed by atoms with Crippen molar-refractivity contribution in [3.05, 3.63) is 41.0 Å². The fourth-order valence-electron chi connectivity index (χ4n) is 2.80. The van der Waals surface area contributed by atoms with Gasteiger partial charge in [-0.05, 0) is 29.3 Å². The maximum atomic E-state index is 13.5. The van der Waals surface area contributed by atoms with Gasteiger partial charge in [0.25, 0.3) is 0 Å². The molecule has 0 unspecified atom stereocenters. The number of rotatable bonds is 4. The smallest absolute Gasteiger partial charge is 0.381 e. The van der Waals surface area contributed by atoms with Crippen molar-refractivity contribution < 1.29 is 18.0 Å². The minimum atomic E-state index is -4.50. The minimum absolute atomic E-state index is 0.0112. The Bertz CT molecular complexity index is 781. The lowest BCUT2D eigenvalue weighted by atomic mass is 9.92. The van der Waals surface area contributed by atoms with Crippen molar-refractivity contribution in [3.63, 3.8) is 0 Å². The zero-order valence-electron chi connectivity index (χ0n) is 13.5. The number of benzene rings is 1. The predicted octanol–water partition coefficient (Wildman–Crippen LogP) is 2.99. The van der Waals surface area contributed by atoms with E-state index in [1.165, 1.54) is 6.07 Å². The summed E-state index contributed by atoms with van der Waals surface area (Å²) >= 11 is 0. The van der Waals surface area contributed by atoms with Crippen LogP contribution in [0, 0.1) is 5.92 Å². The number of hydrogen-bond acceptors (Lipinski definition) is 4. The maximum Gasteiger partial charge on any atom is 0.418 e. The Morgan fingerprint density at radius 2 is 2.16 bits per heavy atom. The van der Waals surface area contributed by atoms with Crippen molar-refractivity contribution in [1.29, 1.82) is 0 Å². The third-order valence-corrected chi connectivity index (χ3v) is 4.10. The zero-order chi connectivity index (χ0) is 18.0. The Kier molecular flexibility index (Phi) is 4.61. The number of alkyl halides is 3. The quantitative estimate of drug-likeness (QED) is 0.877. The van der Waals surface area contributed by atoms with E-state index in [0.717, 1.165) is 11.6 Å². The summed E-state index contributed by atoms with van der Waals surface area (Å²) < 4.78 is 40.4. The third-order valence-electron chi connectivity index (χ3n) is 4.10. The number of nitrogens with zero attached hydrogens (tertiary/aromatic N) is 2. The molecule has 0 aromatic heterocycles. The van der Waals surface area contributed by atoms with Crippen molar-refractivity contribution in [2.45, 2.75) is 19.5 Å². The molecule has 132 valence electrons. The van der Waals surface area contributed by atoms with Crippen LogP contribution >= 0.6 is 0 Å². The second kappa shape index (κ2) is 6.70. The first-order chi connectivity index (χ1) is 11.8. The molecule has 25 heavy (non-hydrogen) atoms. The number of aliphatic imine (C=N–C) groups is 1. The SMILES string of the molecule is C[C@@H]1CC(=O)NN=C1c1ccc(NCC2=CC=NC2)c(C(F)(F)F)c1. The van der Waals surface area contributed by atoms with E-state index in [0.29, 0.717) is 24.4 Å². The number of hydrazone groups is 1. The van der Waals surface area contributed by atoms with Gasteiger partial charge in [-0.2, -0.15) is 18.3 Å². The Balaban J connectivity index is 1.88. The molecule has 8 heteroatoms. The highest BCUT2D eigenvalue weighted by Crippen LogP contribution is 2.36. The third kappa shape index (κ3) is 3.89. The van der Waals surface area contributed by atoms with Crippen LogP contribution in [-0.4, -0.2) is 30.9 Å². The van der Waals surface area contributed by atoms with Crippen molar-refractivity contribution in [2.24, 2.45) is 16.0 Å². The van der Waals surface area contributed by atoms with Gasteiger partial charge in [0, 0.05) is 30.8 Å². The summed E-state index contributed by atoms with van der Waals surface area (Å²) in [6.07, 6.45) is -0.869. The molecule has 0 radical (unpaired) electrons. The molecule has 2 N–H and O–H groups in total. The summed E-state index contributed by atoms with van der Waals surface area (Å²) in [5.41, 5.74) is 3.31. The number of allylic oxidation sites excluding steroid dienone is 1. The molecular formula is C17H17F3N4O. The summed E-state index contributed by atoms with van der Waals surface area (Å²) in [6, 6.07) is 4.07. The van der Waals surface area contributed by atoms with Gasteiger partial charge in [-0.1, -0.05) is 13.0 Å². The number of carbonyl (C=O) groups is 1. The van der Waals surface area contributed by atoms with E-state index in [1.807, 2.05) is 0 Å². The lowest BCUT2D eigenvalue weighted by molar-refractivity contribution is -0.137. The summed E-state index contributed by atoms with van der Waals surface area (Å²) in [6.45, 7) is 2.57. The molecule has 1 aromatic rings. The average Bonchev–Trinajstić information content (AvgIpc) is 3.05. The largest absolute Gasteiger partial charge is 0.418 e. The Morgan fingerprint density at radius 1 is 1.36 bits per heavy atom. The molecule has 0 saturated heterocycles. The number of anilines is 1. The predicted molar refractivity (Wildman–Crippen MR) is 89.8 cm³/mol. The van der Waals surface area contributed by atoms with Crippen LogP contribution in [0.4, 0.5) is 18.9 Å². The summed E-state index contributed by atoms with van der Waals surface area (Å²) in [5, 5.41) is 6.76. The van der Waals surface area contributed by atoms with Gasteiger partial charge in [-0.15, -0.1) is 0 Å². The Morgan fingerprint density at radius 3 is 2.80 bits per heavy atom. The van der Waals surface area contributed by atoms with Gasteiger partial charge in [0.05, 0.1) is 17.8 Å². The van der Waals surface area contributed by atoms with Gasteiger partial charge in [0.2, 0.25) is 5.91 Å². The monoisotopic (exact) mass is 350 g/mol. The fraction of sp³-hybridized carbons (Fsp3) is 0.353. The van der Waals surface area contributed by atoms with Gasteiger partial charge >= 0.3 is 6.18 Å². The molecule has 0 saturated carbocycles. The zero-order valence-corrected chi connectivity index (χ0v) is 13.5. The first-order valence-electron chi connectivity index (χ1n) is 7.84. The van der Waals surface area contributed by atoms with E-state index in [2.05, 4.69) is 20.8 Å². The van der Waals surface area contributed by atoms with Crippen LogP contribution in [0.15, 0.2) is 39.9 Å². The number of nitrogens with one attached hydrogen (secondary N) is 2. The molecule has 0 aliphatic carbocycles. The van der Waals surface area contributed by atoms with Crippen LogP contribution in [-0.2, 0) is 11.0 Å². The standard InChI is InChI=1S/C17H17F3N4O/c1-10-6-15(25)23-24-16(10)12-2-3-14(13(7-12)17(18,19)20)22-9-11-4-5-21-8-11/h2-5,7,10,22H,6,8-9H2,1H3,(H,23,25)/t10-/m1/s1. The molecule has 2 heterocycles. The summed E-state index contributed by atoms with van der Waals surface area (Å²) in [5.74, 6) is -0.480. The molecule has 3 rings (SSSR count). The van der Waals surface area contributed by atoms with Crippen molar-refractivity contribution in [1.82, 2.24) is 5.43 Å². The molecule has 2 aliphatic heterocycles. The second-order valence-electron chi connectivity index (χ2n) is 6.06. The molecular weight excluding hydrogens is 333 g/mol. The lowest BCUT2D eigenvalue weighted by Gasteiger charge is -2.21. The second-order valence-corrected chi connectivity index (χ2v) is 6.06. The number of amides is 1. The van der Waals surface area contributed by atoms with Crippen molar-refractivity contribution >= 4 is 23.5 Å². The van der Waals surface area contributed by atoms with E-state index in [4.69, 9.17) is 0 Å². The first kappa shape index (κ1) is 17.2. The highest BCUT2D eigenvalue weighted by molar-refractivity contribution is 6.06. The summed E-state index contributed by atoms with van der Waals surface area (Å²) in [4.78, 5) is 15.3. The van der Waals surface area contributed by atoms with Crippen LogP contribution in [0.1, 0.15) is 24.5 Å². The average molecular weight is 350 g/mol. The van der Waals surface area contributed by atoms with E-state index in [-0.39, 0.29) is 23.9 Å². The normalized spacial score (nSPS) is 20.2. The van der Waals surface area contributed by atoms with Crippen LogP contribution in [0.3, 0.4) is 0 Å². The summed E-state index contributed by atoms with van der Waals surface area (Å²) in [7, 11) is 0. The van der Waals surface area contributed by atoms with Crippen LogP contribution in [0.5, 0.6) is 0 Å². The van der Waals surface area contributed by atoms with Crippen molar-refractivity contribution in [2.75, 3.05) is 18.4 Å². The van der Waals surface area contributed by atoms with Crippen LogP contribution in [0.2, 0.25) is 0 Å². The van der Waals surface area contributed by atoms with Crippen LogP contribution in [0.25, 0.3) is 0 Å². The van der Waals surface area contributed by atoms with Crippen LogP contribution < -0.4 is 10.7 Å². The minimum Gasteiger partial charge on any atom is -0.381 e. The van der Waals surface area contributed by atoms with E-state index < -0.39 is 11.7 Å². The Labute approximate surface area is 142 Å². The number of hydrogen-bond donors (Lipinski definition) is 2. The first-order valence-corrected chi connectivity index (χ1v) is 7.84. The van der Waals surface area contributed by atoms with Gasteiger partial charge in [0.1, 0.15) is 0 Å². The van der Waals surface area contributed by atoms with E-state index in [9.17, 15) is 18.0 Å². The van der Waals surface area contributed by atoms with Gasteiger partial charge in [0.15, 0.2) is 0 Å². The molecule has 0 bridgehead atoms. The van der Waals surface area contributed by atoms with E-state index >= 15 is 0 Å². The molecule has 1 aromatic carbocycles. The highest BCUT2D eigenvalue weighted by atomic mass is 19.4. The van der Waals surface area contributed by atoms with E-state index in [1.54, 1.807) is 25.3 Å². The maximum absolute atomic E-state index is 13.5. The number of carbonyl (C=O) groups excluding carboxylic acids is 1. The van der Waals surface area contributed by atoms with Gasteiger partial charge in [-0.3, -0.25) is 9.79 Å². The molecule has 1 atom stereocenters. The van der Waals surface area contributed by atoms with Gasteiger partial charge in [-0.25, -0.2) is 5.43 Å². The fourth-order valence-corrected chi connectivity index (χ4v) is 2.80. The lowest BCUT2D eigenvalue weighted by Crippen LogP contribution is -2.32. The van der Waals surface area contributed by atoms with Gasteiger partial charge < -0.3 is 5.32 Å². The molecule has 5 nitrogen and oxygen atoms in total. The van der Waals surface area contributed by atoms with Crippen molar-refractivity contribution in [3.8, 4) is 0 Å². The Hall–Kier alpha value is -2.64. The number of halogens is 3. The highest BCUT2D eigenvalue weighted by Gasteiger charge is 2.35. The topological polar surface area (TPSA) is 65.8 Å². The molecule has 1 amide bonds.